The molecule has 2 N–H and O–H groups in total. The maximum absolute atomic E-state index is 13.4. The van der Waals surface area contributed by atoms with Gasteiger partial charge in [-0.2, -0.15) is 0 Å². The van der Waals surface area contributed by atoms with E-state index < -0.39 is 0 Å². The molecular formula is C16H17FN2O. The Morgan fingerprint density at radius 1 is 1.10 bits per heavy atom. The monoisotopic (exact) mass is 272 g/mol. The van der Waals surface area contributed by atoms with Crippen LogP contribution >= 0.6 is 0 Å². The third kappa shape index (κ3) is 3.82. The smallest absolute Gasteiger partial charge is 0.319 e. The largest absolute Gasteiger partial charge is 0.334 e. The van der Waals surface area contributed by atoms with Gasteiger partial charge in [-0.3, -0.25) is 0 Å². The number of aryl methyl sites for hydroxylation is 2. The highest BCUT2D eigenvalue weighted by molar-refractivity contribution is 5.89. The molecule has 2 aromatic rings. The zero-order chi connectivity index (χ0) is 14.5. The van der Waals surface area contributed by atoms with Crippen molar-refractivity contribution in [1.82, 2.24) is 5.32 Å². The van der Waals surface area contributed by atoms with Gasteiger partial charge in [-0.1, -0.05) is 24.3 Å². The number of anilines is 1. The molecule has 2 rings (SSSR count). The summed E-state index contributed by atoms with van der Waals surface area (Å²) in [5, 5.41) is 5.38. The maximum atomic E-state index is 13.4. The summed E-state index contributed by atoms with van der Waals surface area (Å²) in [6, 6.07) is 11.8. The van der Waals surface area contributed by atoms with Gasteiger partial charge >= 0.3 is 6.03 Å². The van der Waals surface area contributed by atoms with E-state index >= 15 is 0 Å². The van der Waals surface area contributed by atoms with Gasteiger partial charge in [-0.15, -0.1) is 0 Å². The summed E-state index contributed by atoms with van der Waals surface area (Å²) in [7, 11) is 0. The number of hydrogen-bond acceptors (Lipinski definition) is 1. The van der Waals surface area contributed by atoms with Crippen LogP contribution in [0.5, 0.6) is 0 Å². The van der Waals surface area contributed by atoms with Crippen molar-refractivity contribution in [3.8, 4) is 0 Å². The molecule has 0 fully saturated rings. The van der Waals surface area contributed by atoms with E-state index in [-0.39, 0.29) is 18.4 Å². The van der Waals surface area contributed by atoms with Crippen LogP contribution in [0.1, 0.15) is 16.7 Å². The summed E-state index contributed by atoms with van der Waals surface area (Å²) in [5.41, 5.74) is 3.35. The molecule has 0 saturated carbocycles. The Morgan fingerprint density at radius 2 is 1.75 bits per heavy atom. The Hall–Kier alpha value is -2.36. The van der Waals surface area contributed by atoms with Crippen LogP contribution in [0.3, 0.4) is 0 Å². The van der Waals surface area contributed by atoms with Crippen LogP contribution in [-0.4, -0.2) is 6.03 Å². The van der Waals surface area contributed by atoms with E-state index in [0.717, 1.165) is 16.8 Å². The average molecular weight is 272 g/mol. The first-order chi connectivity index (χ1) is 9.54. The lowest BCUT2D eigenvalue weighted by Crippen LogP contribution is -2.28. The van der Waals surface area contributed by atoms with Gasteiger partial charge in [0.05, 0.1) is 0 Å². The summed E-state index contributed by atoms with van der Waals surface area (Å²) < 4.78 is 13.4. The fourth-order valence-corrected chi connectivity index (χ4v) is 2.04. The SMILES string of the molecule is Cc1cc(C)cc(NC(=O)NCc2ccccc2F)c1. The molecule has 0 unspecified atom stereocenters. The number of halogens is 1. The fraction of sp³-hybridized carbons (Fsp3) is 0.188. The molecule has 0 aliphatic carbocycles. The van der Waals surface area contributed by atoms with Crippen molar-refractivity contribution in [3.63, 3.8) is 0 Å². The van der Waals surface area contributed by atoms with E-state index in [4.69, 9.17) is 0 Å². The summed E-state index contributed by atoms with van der Waals surface area (Å²) in [5.74, 6) is -0.320. The molecule has 0 aromatic heterocycles. The van der Waals surface area contributed by atoms with Crippen LogP contribution < -0.4 is 10.6 Å². The van der Waals surface area contributed by atoms with Gasteiger partial charge in [0.15, 0.2) is 0 Å². The second-order valence-electron chi connectivity index (χ2n) is 4.78. The van der Waals surface area contributed by atoms with Gasteiger partial charge in [0, 0.05) is 17.8 Å². The molecule has 20 heavy (non-hydrogen) atoms. The summed E-state index contributed by atoms with van der Waals surface area (Å²) in [6.45, 7) is 4.09. The Morgan fingerprint density at radius 3 is 2.40 bits per heavy atom. The third-order valence-corrected chi connectivity index (χ3v) is 2.88. The van der Waals surface area contributed by atoms with Gasteiger partial charge in [0.25, 0.3) is 0 Å². The molecule has 0 aliphatic rings. The zero-order valence-corrected chi connectivity index (χ0v) is 11.5. The van der Waals surface area contributed by atoms with E-state index in [9.17, 15) is 9.18 Å². The van der Waals surface area contributed by atoms with Gasteiger partial charge in [0.1, 0.15) is 5.82 Å². The Bertz CT molecular complexity index is 605. The second-order valence-corrected chi connectivity index (χ2v) is 4.78. The lowest BCUT2D eigenvalue weighted by atomic mass is 10.1. The van der Waals surface area contributed by atoms with E-state index in [2.05, 4.69) is 10.6 Å². The van der Waals surface area contributed by atoms with Crippen molar-refractivity contribution in [2.24, 2.45) is 0 Å². The molecule has 0 aliphatic heterocycles. The van der Waals surface area contributed by atoms with Crippen LogP contribution in [0.15, 0.2) is 42.5 Å². The molecule has 0 atom stereocenters. The topological polar surface area (TPSA) is 41.1 Å². The number of urea groups is 1. The normalized spacial score (nSPS) is 10.2. The molecule has 0 radical (unpaired) electrons. The highest BCUT2D eigenvalue weighted by atomic mass is 19.1. The molecule has 4 heteroatoms. The Kier molecular flexibility index (Phi) is 4.35. The van der Waals surface area contributed by atoms with Crippen LogP contribution in [0.2, 0.25) is 0 Å². The minimum atomic E-state index is -0.349. The predicted molar refractivity (Wildman–Crippen MR) is 78.2 cm³/mol. The van der Waals surface area contributed by atoms with Gasteiger partial charge in [-0.05, 0) is 43.2 Å². The minimum Gasteiger partial charge on any atom is -0.334 e. The molecule has 0 bridgehead atoms. The number of hydrogen-bond donors (Lipinski definition) is 2. The van der Waals surface area contributed by atoms with Gasteiger partial charge in [-0.25, -0.2) is 9.18 Å². The van der Waals surface area contributed by atoms with E-state index in [0.29, 0.717) is 5.56 Å². The fourth-order valence-electron chi connectivity index (χ4n) is 2.04. The van der Waals surface area contributed by atoms with Crippen LogP contribution in [-0.2, 0) is 6.54 Å². The highest BCUT2D eigenvalue weighted by Crippen LogP contribution is 2.13. The van der Waals surface area contributed by atoms with Gasteiger partial charge in [0.2, 0.25) is 0 Å². The Balaban J connectivity index is 1.94. The number of rotatable bonds is 3. The van der Waals surface area contributed by atoms with Crippen LogP contribution in [0.4, 0.5) is 14.9 Å². The van der Waals surface area contributed by atoms with Crippen LogP contribution in [0.25, 0.3) is 0 Å². The molecule has 2 amide bonds. The molecule has 0 spiro atoms. The molecule has 0 heterocycles. The minimum absolute atomic E-state index is 0.156. The van der Waals surface area contributed by atoms with Crippen molar-refractivity contribution >= 4 is 11.7 Å². The quantitative estimate of drug-likeness (QED) is 0.877. The molecule has 2 aromatic carbocycles. The summed E-state index contributed by atoms with van der Waals surface area (Å²) >= 11 is 0. The maximum Gasteiger partial charge on any atom is 0.319 e. The molecule has 3 nitrogen and oxygen atoms in total. The number of carbonyl (C=O) groups is 1. The number of benzene rings is 2. The first-order valence-electron chi connectivity index (χ1n) is 6.41. The third-order valence-electron chi connectivity index (χ3n) is 2.88. The van der Waals surface area contributed by atoms with Crippen molar-refractivity contribution in [1.29, 1.82) is 0 Å². The lowest BCUT2D eigenvalue weighted by molar-refractivity contribution is 0.251. The number of amides is 2. The standard InChI is InChI=1S/C16H17FN2O/c1-11-7-12(2)9-14(8-11)19-16(20)18-10-13-5-3-4-6-15(13)17/h3-9H,10H2,1-2H3,(H2,18,19,20). The van der Waals surface area contributed by atoms with Crippen molar-refractivity contribution in [2.45, 2.75) is 20.4 Å². The Labute approximate surface area is 117 Å². The van der Waals surface area contributed by atoms with Gasteiger partial charge < -0.3 is 10.6 Å². The zero-order valence-electron chi connectivity index (χ0n) is 11.5. The summed E-state index contributed by atoms with van der Waals surface area (Å²) in [4.78, 5) is 11.8. The average Bonchev–Trinajstić information content (AvgIpc) is 2.36. The lowest BCUT2D eigenvalue weighted by Gasteiger charge is -2.09. The van der Waals surface area contributed by atoms with Crippen LogP contribution in [0, 0.1) is 19.7 Å². The van der Waals surface area contributed by atoms with Crippen molar-refractivity contribution in [2.75, 3.05) is 5.32 Å². The molecule has 104 valence electrons. The van der Waals surface area contributed by atoms with Crippen molar-refractivity contribution < 1.29 is 9.18 Å². The first kappa shape index (κ1) is 14.1. The highest BCUT2D eigenvalue weighted by Gasteiger charge is 2.05. The number of nitrogens with one attached hydrogen (secondary N) is 2. The van der Waals surface area contributed by atoms with E-state index in [1.165, 1.54) is 6.07 Å². The second kappa shape index (κ2) is 6.19. The summed E-state index contributed by atoms with van der Waals surface area (Å²) in [6.07, 6.45) is 0. The predicted octanol–water partition coefficient (Wildman–Crippen LogP) is 3.76. The molecular weight excluding hydrogens is 255 g/mol. The van der Waals surface area contributed by atoms with E-state index in [1.54, 1.807) is 18.2 Å². The molecule has 0 saturated heterocycles. The van der Waals surface area contributed by atoms with Crippen molar-refractivity contribution in [3.05, 3.63) is 65.0 Å². The first-order valence-corrected chi connectivity index (χ1v) is 6.41. The number of carbonyl (C=O) groups excluding carboxylic acids is 1. The van der Waals surface area contributed by atoms with E-state index in [1.807, 2.05) is 32.0 Å².